The van der Waals surface area contributed by atoms with E-state index >= 15 is 0 Å². The van der Waals surface area contributed by atoms with Gasteiger partial charge in [0.1, 0.15) is 11.6 Å². The standard InChI is InChI=1S/C18H18F4N2O4S/c1-12-2-3-13(10-16(12)19)11-23-17(25)8-9-24-29(26,27)15-6-4-14(5-7-15)28-18(20,21)22/h2-7,10,24H,8-9,11H2,1H3,(H,23,25). The van der Waals surface area contributed by atoms with Gasteiger partial charge in [-0.25, -0.2) is 17.5 Å². The summed E-state index contributed by atoms with van der Waals surface area (Å²) in [6.45, 7) is 1.47. The number of carbonyl (C=O) groups is 1. The molecule has 2 rings (SSSR count). The minimum Gasteiger partial charge on any atom is -0.406 e. The summed E-state index contributed by atoms with van der Waals surface area (Å²) in [7, 11) is -4.01. The molecule has 2 N–H and O–H groups in total. The zero-order chi connectivity index (χ0) is 21.7. The molecule has 0 spiro atoms. The fraction of sp³-hybridized carbons (Fsp3) is 0.278. The third-order valence-corrected chi connectivity index (χ3v) is 5.21. The predicted octanol–water partition coefficient (Wildman–Crippen LogP) is 3.02. The molecule has 0 aliphatic heterocycles. The summed E-state index contributed by atoms with van der Waals surface area (Å²) in [6.07, 6.45) is -5.06. The van der Waals surface area contributed by atoms with Crippen LogP contribution in [0.2, 0.25) is 0 Å². The molecule has 0 aliphatic carbocycles. The number of rotatable bonds is 8. The number of benzene rings is 2. The number of aryl methyl sites for hydroxylation is 1. The van der Waals surface area contributed by atoms with Crippen LogP contribution in [0.3, 0.4) is 0 Å². The second-order valence-corrected chi connectivity index (χ2v) is 7.79. The van der Waals surface area contributed by atoms with Crippen LogP contribution in [0.4, 0.5) is 17.6 Å². The zero-order valence-electron chi connectivity index (χ0n) is 15.2. The van der Waals surface area contributed by atoms with Gasteiger partial charge in [0.25, 0.3) is 0 Å². The van der Waals surface area contributed by atoms with Crippen molar-refractivity contribution in [3.05, 3.63) is 59.4 Å². The summed E-state index contributed by atoms with van der Waals surface area (Å²) >= 11 is 0. The quantitative estimate of drug-likeness (QED) is 0.626. The maximum absolute atomic E-state index is 13.5. The van der Waals surface area contributed by atoms with Gasteiger partial charge in [-0.1, -0.05) is 12.1 Å². The smallest absolute Gasteiger partial charge is 0.406 e. The van der Waals surface area contributed by atoms with Gasteiger partial charge in [0.05, 0.1) is 4.90 Å². The lowest BCUT2D eigenvalue weighted by molar-refractivity contribution is -0.274. The van der Waals surface area contributed by atoms with E-state index in [4.69, 9.17) is 0 Å². The molecule has 1 amide bonds. The Morgan fingerprint density at radius 3 is 2.34 bits per heavy atom. The van der Waals surface area contributed by atoms with Crippen molar-refractivity contribution in [2.24, 2.45) is 0 Å². The number of hydrogen-bond acceptors (Lipinski definition) is 4. The van der Waals surface area contributed by atoms with Crippen LogP contribution in [0.25, 0.3) is 0 Å². The number of hydrogen-bond donors (Lipinski definition) is 2. The molecule has 0 fully saturated rings. The number of nitrogens with one attached hydrogen (secondary N) is 2. The average molecular weight is 434 g/mol. The third kappa shape index (κ3) is 7.35. The number of carbonyl (C=O) groups excluding carboxylic acids is 1. The first-order chi connectivity index (χ1) is 13.5. The lowest BCUT2D eigenvalue weighted by Crippen LogP contribution is -2.30. The lowest BCUT2D eigenvalue weighted by atomic mass is 10.1. The summed E-state index contributed by atoms with van der Waals surface area (Å²) in [4.78, 5) is 11.5. The van der Waals surface area contributed by atoms with Crippen LogP contribution in [0.5, 0.6) is 5.75 Å². The lowest BCUT2D eigenvalue weighted by Gasteiger charge is -2.10. The Morgan fingerprint density at radius 2 is 1.76 bits per heavy atom. The molecule has 2 aromatic carbocycles. The summed E-state index contributed by atoms with van der Waals surface area (Å²) in [5, 5.41) is 2.54. The zero-order valence-corrected chi connectivity index (χ0v) is 16.0. The van der Waals surface area contributed by atoms with Crippen molar-refractivity contribution < 1.29 is 35.5 Å². The fourth-order valence-corrected chi connectivity index (χ4v) is 3.27. The van der Waals surface area contributed by atoms with E-state index in [2.05, 4.69) is 14.8 Å². The number of amides is 1. The van der Waals surface area contributed by atoms with Crippen LogP contribution < -0.4 is 14.8 Å². The first-order valence-electron chi connectivity index (χ1n) is 8.33. The Labute approximate surface area is 164 Å². The molecule has 6 nitrogen and oxygen atoms in total. The van der Waals surface area contributed by atoms with E-state index in [-0.39, 0.29) is 24.4 Å². The molecule has 11 heteroatoms. The highest BCUT2D eigenvalue weighted by atomic mass is 32.2. The molecule has 0 aromatic heterocycles. The number of ether oxygens (including phenoxy) is 1. The second-order valence-electron chi connectivity index (χ2n) is 6.03. The van der Waals surface area contributed by atoms with Crippen molar-refractivity contribution in [1.29, 1.82) is 0 Å². The van der Waals surface area contributed by atoms with Gasteiger partial charge >= 0.3 is 6.36 Å². The van der Waals surface area contributed by atoms with Crippen LogP contribution >= 0.6 is 0 Å². The van der Waals surface area contributed by atoms with Gasteiger partial charge < -0.3 is 10.1 Å². The summed E-state index contributed by atoms with van der Waals surface area (Å²) < 4.78 is 79.9. The van der Waals surface area contributed by atoms with E-state index in [1.54, 1.807) is 19.1 Å². The van der Waals surface area contributed by atoms with Crippen molar-refractivity contribution in [3.8, 4) is 5.75 Å². The Morgan fingerprint density at radius 1 is 1.10 bits per heavy atom. The molecule has 0 unspecified atom stereocenters. The predicted molar refractivity (Wildman–Crippen MR) is 95.9 cm³/mol. The molecule has 2 aromatic rings. The SMILES string of the molecule is Cc1ccc(CNC(=O)CCNS(=O)(=O)c2ccc(OC(F)(F)F)cc2)cc1F. The maximum atomic E-state index is 13.5. The number of alkyl halides is 3. The molecule has 0 radical (unpaired) electrons. The number of sulfonamides is 1. The normalized spacial score (nSPS) is 11.9. The van der Waals surface area contributed by atoms with Gasteiger partial charge in [-0.15, -0.1) is 13.2 Å². The topological polar surface area (TPSA) is 84.5 Å². The molecule has 0 heterocycles. The van der Waals surface area contributed by atoms with Gasteiger partial charge in [-0.3, -0.25) is 4.79 Å². The monoisotopic (exact) mass is 434 g/mol. The van der Waals surface area contributed by atoms with Gasteiger partial charge in [0.2, 0.25) is 15.9 Å². The van der Waals surface area contributed by atoms with Crippen LogP contribution in [0, 0.1) is 12.7 Å². The van der Waals surface area contributed by atoms with E-state index in [0.717, 1.165) is 24.3 Å². The Balaban J connectivity index is 1.82. The average Bonchev–Trinajstić information content (AvgIpc) is 2.61. The highest BCUT2D eigenvalue weighted by Gasteiger charge is 2.31. The van der Waals surface area contributed by atoms with Gasteiger partial charge in [-0.2, -0.15) is 0 Å². The molecular weight excluding hydrogens is 416 g/mol. The molecular formula is C18H18F4N2O4S. The molecule has 0 atom stereocenters. The van der Waals surface area contributed by atoms with Gasteiger partial charge in [0.15, 0.2) is 0 Å². The van der Waals surface area contributed by atoms with Crippen LogP contribution in [-0.2, 0) is 21.4 Å². The molecule has 0 bridgehead atoms. The Bertz CT molecular complexity index is 961. The highest BCUT2D eigenvalue weighted by Crippen LogP contribution is 2.23. The maximum Gasteiger partial charge on any atom is 0.573 e. The first kappa shape index (κ1) is 22.6. The molecule has 0 saturated heterocycles. The summed E-state index contributed by atoms with van der Waals surface area (Å²) in [5.41, 5.74) is 1.04. The van der Waals surface area contributed by atoms with Crippen molar-refractivity contribution in [2.75, 3.05) is 6.54 Å². The van der Waals surface area contributed by atoms with Crippen molar-refractivity contribution in [2.45, 2.75) is 31.1 Å². The number of halogens is 4. The van der Waals surface area contributed by atoms with E-state index in [1.807, 2.05) is 0 Å². The Hall–Kier alpha value is -2.66. The van der Waals surface area contributed by atoms with Crippen molar-refractivity contribution in [3.63, 3.8) is 0 Å². The van der Waals surface area contributed by atoms with Crippen LogP contribution in [0.15, 0.2) is 47.4 Å². The van der Waals surface area contributed by atoms with E-state index in [0.29, 0.717) is 11.1 Å². The summed E-state index contributed by atoms with van der Waals surface area (Å²) in [6, 6.07) is 8.18. The largest absolute Gasteiger partial charge is 0.573 e. The van der Waals surface area contributed by atoms with E-state index in [9.17, 15) is 30.8 Å². The molecule has 29 heavy (non-hydrogen) atoms. The molecule has 158 valence electrons. The van der Waals surface area contributed by atoms with Crippen LogP contribution in [-0.4, -0.2) is 27.2 Å². The fourth-order valence-electron chi connectivity index (χ4n) is 2.24. The Kier molecular flexibility index (Phi) is 7.20. The van der Waals surface area contributed by atoms with Crippen LogP contribution in [0.1, 0.15) is 17.5 Å². The first-order valence-corrected chi connectivity index (χ1v) is 9.82. The molecule has 0 aliphatic rings. The van der Waals surface area contributed by atoms with Gasteiger partial charge in [-0.05, 0) is 48.4 Å². The second kappa shape index (κ2) is 9.23. The summed E-state index contributed by atoms with van der Waals surface area (Å²) in [5.74, 6) is -1.40. The highest BCUT2D eigenvalue weighted by molar-refractivity contribution is 7.89. The minimum absolute atomic E-state index is 0.0868. The van der Waals surface area contributed by atoms with E-state index < -0.39 is 33.9 Å². The van der Waals surface area contributed by atoms with Gasteiger partial charge in [0, 0.05) is 19.5 Å². The minimum atomic E-state index is -4.88. The molecule has 0 saturated carbocycles. The third-order valence-electron chi connectivity index (χ3n) is 3.74. The van der Waals surface area contributed by atoms with Crippen molar-refractivity contribution in [1.82, 2.24) is 10.0 Å². The van der Waals surface area contributed by atoms with Crippen molar-refractivity contribution >= 4 is 15.9 Å². The van der Waals surface area contributed by atoms with E-state index in [1.165, 1.54) is 6.07 Å².